The van der Waals surface area contributed by atoms with Gasteiger partial charge in [0, 0.05) is 19.6 Å². The summed E-state index contributed by atoms with van der Waals surface area (Å²) < 4.78 is 56.9. The largest absolute Gasteiger partial charge is 0.379 e. The molecular weight excluding hydrogens is 304 g/mol. The Bertz CT molecular complexity index is 505. The van der Waals surface area contributed by atoms with Gasteiger partial charge in [0.2, 0.25) is 20.0 Å². The molecule has 1 aliphatic carbocycles. The summed E-state index contributed by atoms with van der Waals surface area (Å²) in [6.45, 7) is 1.42. The first-order chi connectivity index (χ1) is 9.42. The van der Waals surface area contributed by atoms with Crippen molar-refractivity contribution >= 4 is 20.0 Å². The Morgan fingerprint density at radius 3 is 2.25 bits per heavy atom. The van der Waals surface area contributed by atoms with Crippen molar-refractivity contribution < 1.29 is 21.6 Å². The van der Waals surface area contributed by atoms with Gasteiger partial charge in [0.15, 0.2) is 0 Å². The highest BCUT2D eigenvalue weighted by Gasteiger charge is 2.29. The maximum atomic E-state index is 12.0. The van der Waals surface area contributed by atoms with Crippen LogP contribution in [0.5, 0.6) is 0 Å². The molecule has 7 nitrogen and oxygen atoms in total. The van der Waals surface area contributed by atoms with Crippen LogP contribution in [0.3, 0.4) is 0 Å². The number of morpholine rings is 1. The first kappa shape index (κ1) is 16.2. The molecule has 1 aliphatic heterocycles. The van der Waals surface area contributed by atoms with Crippen LogP contribution < -0.4 is 4.72 Å². The van der Waals surface area contributed by atoms with Crippen LogP contribution in [0.2, 0.25) is 0 Å². The fourth-order valence-corrected chi connectivity index (χ4v) is 5.61. The molecule has 20 heavy (non-hydrogen) atoms. The number of rotatable bonds is 6. The molecule has 0 aromatic rings. The topological polar surface area (TPSA) is 92.8 Å². The van der Waals surface area contributed by atoms with Crippen molar-refractivity contribution in [1.29, 1.82) is 0 Å². The average Bonchev–Trinajstić information content (AvgIpc) is 2.94. The molecule has 0 bridgehead atoms. The Morgan fingerprint density at radius 2 is 1.65 bits per heavy atom. The number of hydrogen-bond acceptors (Lipinski definition) is 5. The molecule has 1 saturated carbocycles. The second-order valence-corrected chi connectivity index (χ2v) is 9.31. The van der Waals surface area contributed by atoms with E-state index in [1.807, 2.05) is 0 Å². The van der Waals surface area contributed by atoms with Crippen LogP contribution in [0.25, 0.3) is 0 Å². The maximum absolute atomic E-state index is 12.0. The standard InChI is InChI=1S/C11H22N2O5S2/c14-19(15,13-6-8-18-9-7-13)10-5-12-20(16,17)11-3-1-2-4-11/h11-12H,1-10H2. The van der Waals surface area contributed by atoms with E-state index in [1.54, 1.807) is 0 Å². The average molecular weight is 326 g/mol. The van der Waals surface area contributed by atoms with Crippen molar-refractivity contribution in [3.63, 3.8) is 0 Å². The van der Waals surface area contributed by atoms with Crippen LogP contribution in [-0.4, -0.2) is 65.0 Å². The molecule has 1 saturated heterocycles. The first-order valence-electron chi connectivity index (χ1n) is 6.96. The van der Waals surface area contributed by atoms with Gasteiger partial charge in [-0.25, -0.2) is 21.6 Å². The number of hydrogen-bond donors (Lipinski definition) is 1. The summed E-state index contributed by atoms with van der Waals surface area (Å²) >= 11 is 0. The summed E-state index contributed by atoms with van der Waals surface area (Å²) in [7, 11) is -6.77. The van der Waals surface area contributed by atoms with E-state index in [0.29, 0.717) is 39.1 Å². The summed E-state index contributed by atoms with van der Waals surface area (Å²) in [5.74, 6) is -0.195. The summed E-state index contributed by atoms with van der Waals surface area (Å²) in [4.78, 5) is 0. The summed E-state index contributed by atoms with van der Waals surface area (Å²) in [6.07, 6.45) is 3.20. The molecule has 2 rings (SSSR count). The van der Waals surface area contributed by atoms with Gasteiger partial charge in [-0.1, -0.05) is 12.8 Å². The van der Waals surface area contributed by atoms with Crippen LogP contribution in [0, 0.1) is 0 Å². The summed E-state index contributed by atoms with van der Waals surface area (Å²) in [5, 5.41) is -0.353. The van der Waals surface area contributed by atoms with Crippen molar-refractivity contribution in [2.24, 2.45) is 0 Å². The smallest absolute Gasteiger partial charge is 0.215 e. The second kappa shape index (κ2) is 6.69. The molecule has 2 aliphatic rings. The predicted octanol–water partition coefficient (Wildman–Crippen LogP) is -0.490. The third-order valence-electron chi connectivity index (χ3n) is 3.77. The minimum atomic E-state index is -3.40. The number of nitrogens with zero attached hydrogens (tertiary/aromatic N) is 1. The van der Waals surface area contributed by atoms with Gasteiger partial charge in [-0.3, -0.25) is 0 Å². The van der Waals surface area contributed by atoms with E-state index in [1.165, 1.54) is 4.31 Å². The third kappa shape index (κ3) is 4.14. The lowest BCUT2D eigenvalue weighted by Crippen LogP contribution is -2.44. The van der Waals surface area contributed by atoms with Crippen LogP contribution in [0.15, 0.2) is 0 Å². The molecule has 9 heteroatoms. The van der Waals surface area contributed by atoms with Crippen molar-refractivity contribution in [3.05, 3.63) is 0 Å². The number of sulfonamides is 2. The van der Waals surface area contributed by atoms with E-state index in [2.05, 4.69) is 4.72 Å². The van der Waals surface area contributed by atoms with E-state index in [-0.39, 0.29) is 17.5 Å². The third-order valence-corrected chi connectivity index (χ3v) is 7.60. The van der Waals surface area contributed by atoms with Crippen molar-refractivity contribution in [1.82, 2.24) is 9.03 Å². The zero-order valence-electron chi connectivity index (χ0n) is 11.5. The molecule has 0 aromatic carbocycles. The Kier molecular flexibility index (Phi) is 5.41. The molecule has 0 unspecified atom stereocenters. The quantitative estimate of drug-likeness (QED) is 0.711. The van der Waals surface area contributed by atoms with E-state index >= 15 is 0 Å². The molecule has 2 fully saturated rings. The Labute approximate surface area is 120 Å². The molecule has 0 atom stereocenters. The van der Waals surface area contributed by atoms with Gasteiger partial charge in [0.05, 0.1) is 24.2 Å². The van der Waals surface area contributed by atoms with Gasteiger partial charge >= 0.3 is 0 Å². The number of nitrogens with one attached hydrogen (secondary N) is 1. The molecule has 0 aromatic heterocycles. The highest BCUT2D eigenvalue weighted by Crippen LogP contribution is 2.23. The molecule has 118 valence electrons. The van der Waals surface area contributed by atoms with Gasteiger partial charge in [-0.05, 0) is 12.8 Å². The molecule has 0 amide bonds. The molecular formula is C11H22N2O5S2. The lowest BCUT2D eigenvalue weighted by molar-refractivity contribution is 0.0730. The van der Waals surface area contributed by atoms with Gasteiger partial charge in [-0.2, -0.15) is 4.31 Å². The van der Waals surface area contributed by atoms with E-state index in [9.17, 15) is 16.8 Å². The van der Waals surface area contributed by atoms with Crippen LogP contribution in [-0.2, 0) is 24.8 Å². The zero-order valence-corrected chi connectivity index (χ0v) is 13.1. The Balaban J connectivity index is 1.82. The minimum absolute atomic E-state index is 0.0570. The van der Waals surface area contributed by atoms with E-state index < -0.39 is 20.0 Å². The van der Waals surface area contributed by atoms with Crippen molar-refractivity contribution in [2.75, 3.05) is 38.6 Å². The highest BCUT2D eigenvalue weighted by molar-refractivity contribution is 7.90. The predicted molar refractivity (Wildman–Crippen MR) is 75.4 cm³/mol. The maximum Gasteiger partial charge on any atom is 0.215 e. The fourth-order valence-electron chi connectivity index (χ4n) is 2.58. The Morgan fingerprint density at radius 1 is 1.05 bits per heavy atom. The Hall–Kier alpha value is -0.220. The highest BCUT2D eigenvalue weighted by atomic mass is 32.2. The lowest BCUT2D eigenvalue weighted by atomic mass is 10.4. The zero-order chi connectivity index (χ0) is 14.6. The summed E-state index contributed by atoms with van der Waals surface area (Å²) in [6, 6.07) is 0. The van der Waals surface area contributed by atoms with Crippen molar-refractivity contribution in [3.8, 4) is 0 Å². The van der Waals surface area contributed by atoms with Crippen LogP contribution >= 0.6 is 0 Å². The fraction of sp³-hybridized carbons (Fsp3) is 1.00. The second-order valence-electron chi connectivity index (χ2n) is 5.17. The van der Waals surface area contributed by atoms with Crippen LogP contribution in [0.1, 0.15) is 25.7 Å². The summed E-state index contributed by atoms with van der Waals surface area (Å²) in [5.41, 5.74) is 0. The first-order valence-corrected chi connectivity index (χ1v) is 10.1. The molecule has 1 N–H and O–H groups in total. The molecule has 0 spiro atoms. The van der Waals surface area contributed by atoms with Gasteiger partial charge < -0.3 is 4.74 Å². The normalized spacial score (nSPS) is 23.2. The van der Waals surface area contributed by atoms with Gasteiger partial charge in [0.25, 0.3) is 0 Å². The van der Waals surface area contributed by atoms with Gasteiger partial charge in [-0.15, -0.1) is 0 Å². The minimum Gasteiger partial charge on any atom is -0.379 e. The lowest BCUT2D eigenvalue weighted by Gasteiger charge is -2.26. The van der Waals surface area contributed by atoms with Crippen LogP contribution in [0.4, 0.5) is 0 Å². The van der Waals surface area contributed by atoms with Gasteiger partial charge in [0.1, 0.15) is 0 Å². The van der Waals surface area contributed by atoms with E-state index in [4.69, 9.17) is 4.74 Å². The monoisotopic (exact) mass is 326 g/mol. The SMILES string of the molecule is O=S(=O)(NCCS(=O)(=O)N1CCOCC1)C1CCCC1. The molecule has 1 heterocycles. The molecule has 0 radical (unpaired) electrons. The number of ether oxygens (including phenoxy) is 1. The van der Waals surface area contributed by atoms with E-state index in [0.717, 1.165) is 12.8 Å². The van der Waals surface area contributed by atoms with Crippen molar-refractivity contribution in [2.45, 2.75) is 30.9 Å².